The second kappa shape index (κ2) is 8.15. The van der Waals surface area contributed by atoms with Crippen LogP contribution in [-0.2, 0) is 16.0 Å². The van der Waals surface area contributed by atoms with Gasteiger partial charge in [-0.05, 0) is 34.2 Å². The molecule has 2 heterocycles. The van der Waals surface area contributed by atoms with Crippen molar-refractivity contribution in [2.45, 2.75) is 19.4 Å². The van der Waals surface area contributed by atoms with Crippen LogP contribution in [0.25, 0.3) is 10.2 Å². The predicted octanol–water partition coefficient (Wildman–Crippen LogP) is 2.66. The average molecular weight is 407 g/mol. The van der Waals surface area contributed by atoms with Crippen LogP contribution in [-0.4, -0.2) is 37.0 Å². The highest BCUT2D eigenvalue weighted by Gasteiger charge is 2.23. The fourth-order valence-electron chi connectivity index (χ4n) is 2.90. The van der Waals surface area contributed by atoms with E-state index in [9.17, 15) is 9.59 Å². The minimum absolute atomic E-state index is 0.146. The van der Waals surface area contributed by atoms with E-state index in [0.29, 0.717) is 17.2 Å². The average Bonchev–Trinajstić information content (AvgIpc) is 3.35. The SMILES string of the molecule is CC(=O)Nc1ccc2nc(NC(=O)C(Cc3ccccc3)n3cnnn3)sc2c1. The standard InChI is InChI=1S/C19H17N7O2S/c1-12(27)21-14-7-8-15-17(10-14)29-19(22-15)23-18(28)16(26-11-20-24-25-26)9-13-5-3-2-4-6-13/h2-8,10-11,16H,9H2,1H3,(H,21,27)(H,22,23,28). The van der Waals surface area contributed by atoms with Crippen molar-refractivity contribution in [3.8, 4) is 0 Å². The molecule has 0 aliphatic carbocycles. The third-order valence-corrected chi connectivity index (χ3v) is 5.13. The van der Waals surface area contributed by atoms with Crippen molar-refractivity contribution in [1.82, 2.24) is 25.2 Å². The van der Waals surface area contributed by atoms with Gasteiger partial charge in [-0.2, -0.15) is 0 Å². The van der Waals surface area contributed by atoms with E-state index in [2.05, 4.69) is 31.1 Å². The summed E-state index contributed by atoms with van der Waals surface area (Å²) in [6.07, 6.45) is 1.86. The highest BCUT2D eigenvalue weighted by atomic mass is 32.1. The third-order valence-electron chi connectivity index (χ3n) is 4.20. The van der Waals surface area contributed by atoms with E-state index in [4.69, 9.17) is 0 Å². The van der Waals surface area contributed by atoms with E-state index in [1.165, 1.54) is 29.3 Å². The number of thiazole rings is 1. The summed E-state index contributed by atoms with van der Waals surface area (Å²) >= 11 is 1.33. The molecule has 146 valence electrons. The summed E-state index contributed by atoms with van der Waals surface area (Å²) < 4.78 is 2.29. The number of carbonyl (C=O) groups is 2. The topological polar surface area (TPSA) is 115 Å². The van der Waals surface area contributed by atoms with Crippen molar-refractivity contribution in [2.75, 3.05) is 10.6 Å². The van der Waals surface area contributed by atoms with Gasteiger partial charge >= 0.3 is 0 Å². The third kappa shape index (κ3) is 4.43. The lowest BCUT2D eigenvalue weighted by atomic mass is 10.1. The number of carbonyl (C=O) groups excluding carboxylic acids is 2. The zero-order valence-electron chi connectivity index (χ0n) is 15.4. The van der Waals surface area contributed by atoms with E-state index < -0.39 is 6.04 Å². The van der Waals surface area contributed by atoms with E-state index in [1.807, 2.05) is 36.4 Å². The Morgan fingerprint density at radius 3 is 2.69 bits per heavy atom. The smallest absolute Gasteiger partial charge is 0.251 e. The maximum Gasteiger partial charge on any atom is 0.251 e. The van der Waals surface area contributed by atoms with E-state index >= 15 is 0 Å². The Morgan fingerprint density at radius 1 is 1.14 bits per heavy atom. The maximum atomic E-state index is 13.0. The van der Waals surface area contributed by atoms with Crippen molar-refractivity contribution in [3.63, 3.8) is 0 Å². The molecule has 9 nitrogen and oxygen atoms in total. The molecule has 4 rings (SSSR count). The van der Waals surface area contributed by atoms with Crippen molar-refractivity contribution >= 4 is 44.2 Å². The quantitative estimate of drug-likeness (QED) is 0.508. The van der Waals surface area contributed by atoms with Crippen LogP contribution in [0.3, 0.4) is 0 Å². The zero-order chi connectivity index (χ0) is 20.2. The Balaban J connectivity index is 1.56. The molecule has 4 aromatic rings. The normalized spacial score (nSPS) is 11.9. The van der Waals surface area contributed by atoms with Gasteiger partial charge in [0, 0.05) is 19.0 Å². The lowest BCUT2D eigenvalue weighted by Crippen LogP contribution is -2.28. The Kier molecular flexibility index (Phi) is 5.25. The van der Waals surface area contributed by atoms with Crippen LogP contribution in [0.5, 0.6) is 0 Å². The van der Waals surface area contributed by atoms with Crippen LogP contribution in [0.15, 0.2) is 54.9 Å². The lowest BCUT2D eigenvalue weighted by Gasteiger charge is -2.15. The number of nitrogens with one attached hydrogen (secondary N) is 2. The van der Waals surface area contributed by atoms with Gasteiger partial charge in [0.05, 0.1) is 10.2 Å². The monoisotopic (exact) mass is 407 g/mol. The molecule has 2 N–H and O–H groups in total. The van der Waals surface area contributed by atoms with Crippen molar-refractivity contribution in [2.24, 2.45) is 0 Å². The predicted molar refractivity (Wildman–Crippen MR) is 110 cm³/mol. The van der Waals surface area contributed by atoms with Gasteiger partial charge in [0.25, 0.3) is 5.91 Å². The number of rotatable bonds is 6. The summed E-state index contributed by atoms with van der Waals surface area (Å²) in [5.41, 5.74) is 2.41. The largest absolute Gasteiger partial charge is 0.326 e. The molecule has 29 heavy (non-hydrogen) atoms. The lowest BCUT2D eigenvalue weighted by molar-refractivity contribution is -0.119. The van der Waals surface area contributed by atoms with Crippen LogP contribution < -0.4 is 10.6 Å². The van der Waals surface area contributed by atoms with Crippen molar-refractivity contribution in [3.05, 3.63) is 60.4 Å². The Hall–Kier alpha value is -3.66. The molecule has 2 aromatic heterocycles. The first-order chi connectivity index (χ1) is 14.1. The van der Waals surface area contributed by atoms with Crippen LogP contribution in [0.2, 0.25) is 0 Å². The first-order valence-electron chi connectivity index (χ1n) is 8.84. The summed E-state index contributed by atoms with van der Waals surface area (Å²) in [5, 5.41) is 17.3. The van der Waals surface area contributed by atoms with Crippen molar-refractivity contribution in [1.29, 1.82) is 0 Å². The fourth-order valence-corrected chi connectivity index (χ4v) is 3.81. The molecule has 0 bridgehead atoms. The first kappa shape index (κ1) is 18.7. The van der Waals surface area contributed by atoms with Crippen LogP contribution >= 0.6 is 11.3 Å². The Labute approximate surface area is 169 Å². The summed E-state index contributed by atoms with van der Waals surface area (Å²) in [6, 6.07) is 14.4. The number of aromatic nitrogens is 5. The molecular formula is C19H17N7O2S. The minimum Gasteiger partial charge on any atom is -0.326 e. The molecule has 1 atom stereocenters. The van der Waals surface area contributed by atoms with Gasteiger partial charge in [-0.1, -0.05) is 41.7 Å². The second-order valence-electron chi connectivity index (χ2n) is 6.37. The molecule has 0 spiro atoms. The molecule has 0 fully saturated rings. The van der Waals surface area contributed by atoms with E-state index in [-0.39, 0.29) is 11.8 Å². The van der Waals surface area contributed by atoms with Gasteiger partial charge in [-0.25, -0.2) is 9.67 Å². The molecule has 1 unspecified atom stereocenters. The molecule has 2 amide bonds. The molecule has 2 aromatic carbocycles. The minimum atomic E-state index is -0.616. The van der Waals surface area contributed by atoms with Crippen molar-refractivity contribution < 1.29 is 9.59 Å². The highest BCUT2D eigenvalue weighted by molar-refractivity contribution is 7.22. The first-order valence-corrected chi connectivity index (χ1v) is 9.65. The van der Waals surface area contributed by atoms with Gasteiger partial charge in [-0.3, -0.25) is 9.59 Å². The molecule has 0 saturated heterocycles. The number of amides is 2. The summed E-state index contributed by atoms with van der Waals surface area (Å²) in [7, 11) is 0. The summed E-state index contributed by atoms with van der Waals surface area (Å²) in [4.78, 5) is 28.7. The van der Waals surface area contributed by atoms with Crippen LogP contribution in [0.4, 0.5) is 10.8 Å². The maximum absolute atomic E-state index is 13.0. The number of benzene rings is 2. The molecule has 0 aliphatic rings. The summed E-state index contributed by atoms with van der Waals surface area (Å²) in [6.45, 7) is 1.45. The van der Waals surface area contributed by atoms with E-state index in [1.54, 1.807) is 12.1 Å². The molecular weight excluding hydrogens is 390 g/mol. The van der Waals surface area contributed by atoms with Crippen LogP contribution in [0, 0.1) is 0 Å². The Bertz CT molecular complexity index is 1140. The number of hydrogen-bond donors (Lipinski definition) is 2. The number of nitrogens with zero attached hydrogens (tertiary/aromatic N) is 5. The van der Waals surface area contributed by atoms with Gasteiger partial charge < -0.3 is 10.6 Å². The van der Waals surface area contributed by atoms with Gasteiger partial charge in [0.15, 0.2) is 5.13 Å². The highest BCUT2D eigenvalue weighted by Crippen LogP contribution is 2.29. The number of hydrogen-bond acceptors (Lipinski definition) is 7. The van der Waals surface area contributed by atoms with Gasteiger partial charge in [0.1, 0.15) is 12.4 Å². The fraction of sp³-hybridized carbons (Fsp3) is 0.158. The number of tetrazole rings is 1. The second-order valence-corrected chi connectivity index (χ2v) is 7.40. The molecule has 0 saturated carbocycles. The number of fused-ring (bicyclic) bond motifs is 1. The molecule has 10 heteroatoms. The molecule has 0 radical (unpaired) electrons. The van der Waals surface area contributed by atoms with Gasteiger partial charge in [-0.15, -0.1) is 5.10 Å². The number of anilines is 2. The van der Waals surface area contributed by atoms with Gasteiger partial charge in [0.2, 0.25) is 5.91 Å². The zero-order valence-corrected chi connectivity index (χ0v) is 16.3. The van der Waals surface area contributed by atoms with E-state index in [0.717, 1.165) is 15.8 Å². The molecule has 0 aliphatic heterocycles. The van der Waals surface area contributed by atoms with Crippen LogP contribution in [0.1, 0.15) is 18.5 Å². The summed E-state index contributed by atoms with van der Waals surface area (Å²) in [5.74, 6) is -0.408. The Morgan fingerprint density at radius 2 is 1.97 bits per heavy atom.